The van der Waals surface area contributed by atoms with Crippen LogP contribution in [-0.2, 0) is 4.57 Å². The molecule has 1 unspecified atom stereocenters. The Morgan fingerprint density at radius 1 is 0.758 bits per heavy atom. The molecule has 0 heterocycles. The third kappa shape index (κ3) is 4.67. The van der Waals surface area contributed by atoms with Gasteiger partial charge in [-0.2, -0.15) is 0 Å². The number of ether oxygens (including phenoxy) is 3. The van der Waals surface area contributed by atoms with Crippen LogP contribution in [0.1, 0.15) is 43.0 Å². The van der Waals surface area contributed by atoms with Crippen LogP contribution in [0.3, 0.4) is 0 Å². The largest absolute Gasteiger partial charge is 0.496 e. The second-order valence-electron chi connectivity index (χ2n) is 7.63. The minimum Gasteiger partial charge on any atom is -0.496 e. The van der Waals surface area contributed by atoms with E-state index in [1.54, 1.807) is 24.3 Å². The van der Waals surface area contributed by atoms with Crippen molar-refractivity contribution in [2.75, 3.05) is 21.3 Å². The van der Waals surface area contributed by atoms with Crippen molar-refractivity contribution in [1.29, 1.82) is 0 Å². The van der Waals surface area contributed by atoms with Crippen LogP contribution in [0.15, 0.2) is 48.5 Å². The molecule has 0 aliphatic carbocycles. The lowest BCUT2D eigenvalue weighted by atomic mass is 9.93. The zero-order valence-corrected chi connectivity index (χ0v) is 20.4. The van der Waals surface area contributed by atoms with Gasteiger partial charge in [-0.15, -0.1) is 0 Å². The van der Waals surface area contributed by atoms with Crippen LogP contribution < -0.4 is 19.5 Å². The molecule has 171 valence electrons. The number of ketones is 1. The summed E-state index contributed by atoms with van der Waals surface area (Å²) in [5, 5.41) is 0.168. The standard InChI is InChI=1S/C26H26O6P/c1-15-11-16(2)23(17(3)12-15)25(27)19-9-7-8-10-22(19)33(29)26(28)24-20(31-5)13-18(30-4)14-21(24)32-6/h7-14H,1-6H3. The van der Waals surface area contributed by atoms with Gasteiger partial charge in [0.1, 0.15) is 22.8 Å². The van der Waals surface area contributed by atoms with Gasteiger partial charge in [0.2, 0.25) is 0 Å². The molecule has 0 fully saturated rings. The van der Waals surface area contributed by atoms with Crippen molar-refractivity contribution >= 4 is 24.4 Å². The van der Waals surface area contributed by atoms with Crippen LogP contribution in [0, 0.1) is 20.8 Å². The Hall–Kier alpha value is -3.50. The van der Waals surface area contributed by atoms with Crippen molar-refractivity contribution in [2.45, 2.75) is 20.8 Å². The zero-order valence-electron chi connectivity index (χ0n) is 19.5. The molecule has 0 aliphatic rings. The first-order valence-corrected chi connectivity index (χ1v) is 11.5. The number of hydrogen-bond acceptors (Lipinski definition) is 6. The molecule has 7 heteroatoms. The third-order valence-electron chi connectivity index (χ3n) is 5.38. The summed E-state index contributed by atoms with van der Waals surface area (Å²) in [6, 6.07) is 13.4. The van der Waals surface area contributed by atoms with Gasteiger partial charge >= 0.3 is 0 Å². The third-order valence-corrected chi connectivity index (χ3v) is 6.81. The lowest BCUT2D eigenvalue weighted by Crippen LogP contribution is -2.18. The Bertz CT molecular complexity index is 1210. The molecule has 0 N–H and O–H groups in total. The molecule has 0 bridgehead atoms. The summed E-state index contributed by atoms with van der Waals surface area (Å²) < 4.78 is 29.4. The number of rotatable bonds is 8. The molecular weight excluding hydrogens is 439 g/mol. The summed E-state index contributed by atoms with van der Waals surface area (Å²) in [6.07, 6.45) is 0. The fraction of sp³-hybridized carbons (Fsp3) is 0.231. The van der Waals surface area contributed by atoms with Crippen molar-refractivity contribution in [3.05, 3.63) is 81.9 Å². The van der Waals surface area contributed by atoms with Gasteiger partial charge < -0.3 is 14.2 Å². The molecule has 0 aliphatic heterocycles. The number of aryl methyl sites for hydroxylation is 3. The van der Waals surface area contributed by atoms with Crippen molar-refractivity contribution in [1.82, 2.24) is 0 Å². The highest BCUT2D eigenvalue weighted by Gasteiger charge is 2.30. The fourth-order valence-electron chi connectivity index (χ4n) is 3.94. The zero-order chi connectivity index (χ0) is 24.3. The predicted molar refractivity (Wildman–Crippen MR) is 128 cm³/mol. The molecule has 3 rings (SSSR count). The van der Waals surface area contributed by atoms with Gasteiger partial charge in [0.05, 0.1) is 26.6 Å². The van der Waals surface area contributed by atoms with Crippen LogP contribution >= 0.6 is 7.80 Å². The fourth-order valence-corrected chi connectivity index (χ4v) is 5.20. The second-order valence-corrected chi connectivity index (χ2v) is 9.10. The van der Waals surface area contributed by atoms with Gasteiger partial charge in [-0.05, 0) is 44.0 Å². The topological polar surface area (TPSA) is 78.9 Å². The van der Waals surface area contributed by atoms with Crippen molar-refractivity contribution < 1.29 is 28.4 Å². The van der Waals surface area contributed by atoms with Gasteiger partial charge in [-0.25, -0.2) is 0 Å². The first-order valence-electron chi connectivity index (χ1n) is 10.3. The summed E-state index contributed by atoms with van der Waals surface area (Å²) in [6.45, 7) is 5.70. The van der Waals surface area contributed by atoms with Crippen molar-refractivity contribution in [3.8, 4) is 17.2 Å². The average Bonchev–Trinajstić information content (AvgIpc) is 2.81. The second kappa shape index (κ2) is 9.97. The van der Waals surface area contributed by atoms with E-state index in [2.05, 4.69) is 0 Å². The van der Waals surface area contributed by atoms with E-state index in [0.717, 1.165) is 16.7 Å². The molecule has 1 radical (unpaired) electrons. The van der Waals surface area contributed by atoms with Crippen LogP contribution in [0.5, 0.6) is 17.2 Å². The molecule has 0 aromatic heterocycles. The van der Waals surface area contributed by atoms with E-state index in [4.69, 9.17) is 14.2 Å². The first kappa shape index (κ1) is 24.1. The molecule has 0 saturated heterocycles. The minimum absolute atomic E-state index is 0.0341. The molecule has 6 nitrogen and oxygen atoms in total. The number of methoxy groups -OCH3 is 3. The molecule has 0 spiro atoms. The Morgan fingerprint density at radius 2 is 1.30 bits per heavy atom. The first-order chi connectivity index (χ1) is 15.7. The maximum absolute atomic E-state index is 13.5. The van der Waals surface area contributed by atoms with E-state index in [0.29, 0.717) is 11.3 Å². The highest BCUT2D eigenvalue weighted by Crippen LogP contribution is 2.40. The summed E-state index contributed by atoms with van der Waals surface area (Å²) in [5.74, 6) is 0.504. The number of carbonyl (C=O) groups excluding carboxylic acids is 2. The molecule has 33 heavy (non-hydrogen) atoms. The summed E-state index contributed by atoms with van der Waals surface area (Å²) in [7, 11) is 1.63. The minimum atomic E-state index is -2.65. The smallest absolute Gasteiger partial charge is 0.254 e. The maximum atomic E-state index is 13.5. The van der Waals surface area contributed by atoms with Crippen LogP contribution in [0.4, 0.5) is 0 Å². The summed E-state index contributed by atoms with van der Waals surface area (Å²) in [5.41, 5.74) is 2.82. The number of benzene rings is 3. The van der Waals surface area contributed by atoms with E-state index in [-0.39, 0.29) is 33.7 Å². The quantitative estimate of drug-likeness (QED) is 0.338. The number of hydrogen-bond donors (Lipinski definition) is 0. The van der Waals surface area contributed by atoms with Gasteiger partial charge in [0.25, 0.3) is 5.52 Å². The highest BCUT2D eigenvalue weighted by atomic mass is 31.1. The Balaban J connectivity index is 2.11. The van der Waals surface area contributed by atoms with E-state index in [9.17, 15) is 14.2 Å². The normalized spacial score (nSPS) is 11.0. The van der Waals surface area contributed by atoms with E-state index < -0.39 is 13.3 Å². The van der Waals surface area contributed by atoms with Gasteiger partial charge in [-0.1, -0.05) is 29.8 Å². The molecule has 0 amide bonds. The van der Waals surface area contributed by atoms with E-state index >= 15 is 0 Å². The maximum Gasteiger partial charge on any atom is 0.254 e. The predicted octanol–water partition coefficient (Wildman–Crippen LogP) is 5.16. The van der Waals surface area contributed by atoms with Gasteiger partial charge in [0.15, 0.2) is 13.6 Å². The van der Waals surface area contributed by atoms with Crippen LogP contribution in [0.25, 0.3) is 0 Å². The van der Waals surface area contributed by atoms with Crippen LogP contribution in [-0.4, -0.2) is 32.6 Å². The SMILES string of the molecule is COc1cc(OC)c(C(=O)[P](=O)c2ccccc2C(=O)c2c(C)cc(C)cc2C)c(OC)c1. The lowest BCUT2D eigenvalue weighted by molar-refractivity contribution is 0.103. The Morgan fingerprint density at radius 3 is 1.82 bits per heavy atom. The highest BCUT2D eigenvalue weighted by molar-refractivity contribution is 7.71. The Labute approximate surface area is 194 Å². The lowest BCUT2D eigenvalue weighted by Gasteiger charge is -2.15. The van der Waals surface area contributed by atoms with Gasteiger partial charge in [0, 0.05) is 23.3 Å². The molecular formula is C26H26O6P. The molecule has 0 saturated carbocycles. The molecule has 3 aromatic rings. The number of carbonyl (C=O) groups is 2. The molecule has 3 aromatic carbocycles. The van der Waals surface area contributed by atoms with Crippen LogP contribution in [0.2, 0.25) is 0 Å². The monoisotopic (exact) mass is 465 g/mol. The van der Waals surface area contributed by atoms with E-state index in [1.165, 1.54) is 33.5 Å². The van der Waals surface area contributed by atoms with Gasteiger partial charge in [-0.3, -0.25) is 14.2 Å². The van der Waals surface area contributed by atoms with Crippen molar-refractivity contribution in [3.63, 3.8) is 0 Å². The van der Waals surface area contributed by atoms with Crippen molar-refractivity contribution in [2.24, 2.45) is 0 Å². The average molecular weight is 465 g/mol. The van der Waals surface area contributed by atoms with E-state index in [1.807, 2.05) is 32.9 Å². The summed E-state index contributed by atoms with van der Waals surface area (Å²) in [4.78, 5) is 26.9. The Kier molecular flexibility index (Phi) is 7.29. The molecule has 1 atom stereocenters. The summed E-state index contributed by atoms with van der Waals surface area (Å²) >= 11 is 0.